The average molecular weight is 227 g/mol. The molecular weight excluding hydrogens is 202 g/mol. The highest BCUT2D eigenvalue weighted by atomic mass is 16.2. The smallest absolute Gasteiger partial charge is 0.222 e. The lowest BCUT2D eigenvalue weighted by molar-refractivity contribution is -0.130. The van der Waals surface area contributed by atoms with E-state index in [1.54, 1.807) is 4.90 Å². The van der Waals surface area contributed by atoms with Gasteiger partial charge in [-0.25, -0.2) is 0 Å². The van der Waals surface area contributed by atoms with Crippen molar-refractivity contribution in [2.24, 2.45) is 11.8 Å². The second kappa shape index (κ2) is 7.42. The third-order valence-corrected chi connectivity index (χ3v) is 2.52. The van der Waals surface area contributed by atoms with E-state index in [9.17, 15) is 9.59 Å². The van der Waals surface area contributed by atoms with Gasteiger partial charge in [-0.2, -0.15) is 0 Å². The van der Waals surface area contributed by atoms with Gasteiger partial charge in [0.2, 0.25) is 5.91 Å². The molecule has 0 rings (SSSR count). The van der Waals surface area contributed by atoms with Crippen LogP contribution in [0.5, 0.6) is 0 Å². The first kappa shape index (κ1) is 15.1. The van der Waals surface area contributed by atoms with Crippen LogP contribution in [0.25, 0.3) is 0 Å². The Morgan fingerprint density at radius 3 is 2.06 bits per heavy atom. The molecule has 3 heteroatoms. The Hall–Kier alpha value is -0.860. The maximum absolute atomic E-state index is 11.6. The number of rotatable bonds is 7. The summed E-state index contributed by atoms with van der Waals surface area (Å²) in [6.45, 7) is 8.76. The SMILES string of the molecule is CC(C)CN(C)C(=O)CCCC(=O)C(C)C. The topological polar surface area (TPSA) is 37.4 Å². The summed E-state index contributed by atoms with van der Waals surface area (Å²) in [6, 6.07) is 0. The molecule has 0 atom stereocenters. The summed E-state index contributed by atoms with van der Waals surface area (Å²) in [6.07, 6.45) is 1.69. The van der Waals surface area contributed by atoms with Crippen molar-refractivity contribution in [3.8, 4) is 0 Å². The highest BCUT2D eigenvalue weighted by Crippen LogP contribution is 2.06. The Bertz CT molecular complexity index is 234. The van der Waals surface area contributed by atoms with Gasteiger partial charge < -0.3 is 4.90 Å². The third-order valence-electron chi connectivity index (χ3n) is 2.52. The van der Waals surface area contributed by atoms with E-state index in [1.165, 1.54) is 0 Å². The fraction of sp³-hybridized carbons (Fsp3) is 0.846. The molecule has 1 amide bonds. The van der Waals surface area contributed by atoms with Crippen LogP contribution in [0.15, 0.2) is 0 Å². The zero-order valence-corrected chi connectivity index (χ0v) is 11.2. The Balaban J connectivity index is 3.77. The normalized spacial score (nSPS) is 10.9. The van der Waals surface area contributed by atoms with E-state index in [-0.39, 0.29) is 17.6 Å². The molecule has 3 nitrogen and oxygen atoms in total. The lowest BCUT2D eigenvalue weighted by Gasteiger charge is -2.19. The zero-order chi connectivity index (χ0) is 12.7. The van der Waals surface area contributed by atoms with Crippen molar-refractivity contribution in [1.29, 1.82) is 0 Å². The van der Waals surface area contributed by atoms with Gasteiger partial charge in [0.1, 0.15) is 5.78 Å². The van der Waals surface area contributed by atoms with Crippen LogP contribution in [-0.2, 0) is 9.59 Å². The average Bonchev–Trinajstić information content (AvgIpc) is 2.15. The minimum atomic E-state index is 0.0866. The fourth-order valence-corrected chi connectivity index (χ4v) is 1.54. The summed E-state index contributed by atoms with van der Waals surface area (Å²) in [5.41, 5.74) is 0. The van der Waals surface area contributed by atoms with Crippen LogP contribution < -0.4 is 0 Å². The predicted molar refractivity (Wildman–Crippen MR) is 66.2 cm³/mol. The molecule has 0 radical (unpaired) electrons. The molecule has 0 bridgehead atoms. The molecular formula is C13H25NO2. The first-order valence-corrected chi connectivity index (χ1v) is 6.11. The lowest BCUT2D eigenvalue weighted by atomic mass is 10.0. The minimum Gasteiger partial charge on any atom is -0.346 e. The zero-order valence-electron chi connectivity index (χ0n) is 11.2. The molecule has 16 heavy (non-hydrogen) atoms. The lowest BCUT2D eigenvalue weighted by Crippen LogP contribution is -2.30. The number of carbonyl (C=O) groups excluding carboxylic acids is 2. The number of ketones is 1. The van der Waals surface area contributed by atoms with Gasteiger partial charge in [0.05, 0.1) is 0 Å². The number of carbonyl (C=O) groups is 2. The van der Waals surface area contributed by atoms with Gasteiger partial charge >= 0.3 is 0 Å². The van der Waals surface area contributed by atoms with Crippen molar-refractivity contribution < 1.29 is 9.59 Å². The van der Waals surface area contributed by atoms with Crippen LogP contribution in [0.4, 0.5) is 0 Å². The van der Waals surface area contributed by atoms with Crippen LogP contribution in [0.1, 0.15) is 47.0 Å². The van der Waals surface area contributed by atoms with E-state index in [2.05, 4.69) is 13.8 Å². The van der Waals surface area contributed by atoms with Crippen molar-refractivity contribution in [3.63, 3.8) is 0 Å². The second-order valence-electron chi connectivity index (χ2n) is 5.14. The number of Topliss-reactive ketones (excluding diaryl/α,β-unsaturated/α-hetero) is 1. The van der Waals surface area contributed by atoms with Crippen molar-refractivity contribution in [1.82, 2.24) is 4.90 Å². The highest BCUT2D eigenvalue weighted by molar-refractivity contribution is 5.81. The first-order valence-electron chi connectivity index (χ1n) is 6.11. The molecule has 0 aromatic carbocycles. The van der Waals surface area contributed by atoms with Crippen molar-refractivity contribution in [2.45, 2.75) is 47.0 Å². The molecule has 0 aromatic heterocycles. The van der Waals surface area contributed by atoms with Crippen molar-refractivity contribution in [3.05, 3.63) is 0 Å². The van der Waals surface area contributed by atoms with E-state index in [0.717, 1.165) is 6.54 Å². The third kappa shape index (κ3) is 6.59. The minimum absolute atomic E-state index is 0.0866. The quantitative estimate of drug-likeness (QED) is 0.670. The number of nitrogens with zero attached hydrogens (tertiary/aromatic N) is 1. The summed E-state index contributed by atoms with van der Waals surface area (Å²) in [5.74, 6) is 0.972. The van der Waals surface area contributed by atoms with Gasteiger partial charge in [-0.15, -0.1) is 0 Å². The Morgan fingerprint density at radius 2 is 1.62 bits per heavy atom. The summed E-state index contributed by atoms with van der Waals surface area (Å²) in [4.78, 5) is 24.7. The Morgan fingerprint density at radius 1 is 1.06 bits per heavy atom. The fourth-order valence-electron chi connectivity index (χ4n) is 1.54. The standard InChI is InChI=1S/C13H25NO2/c1-10(2)9-14(5)13(16)8-6-7-12(15)11(3)4/h10-11H,6-9H2,1-5H3. The van der Waals surface area contributed by atoms with Crippen LogP contribution in [0.3, 0.4) is 0 Å². The molecule has 94 valence electrons. The van der Waals surface area contributed by atoms with Crippen LogP contribution in [0.2, 0.25) is 0 Å². The van der Waals surface area contributed by atoms with Crippen LogP contribution in [0, 0.1) is 11.8 Å². The predicted octanol–water partition coefficient (Wildman–Crippen LogP) is 2.50. The molecule has 0 heterocycles. The molecule has 0 fully saturated rings. The molecule has 0 spiro atoms. The molecule has 0 unspecified atom stereocenters. The monoisotopic (exact) mass is 227 g/mol. The first-order chi connectivity index (χ1) is 7.34. The Kier molecular flexibility index (Phi) is 7.02. The molecule has 0 aromatic rings. The number of hydrogen-bond donors (Lipinski definition) is 0. The molecule has 0 N–H and O–H groups in total. The largest absolute Gasteiger partial charge is 0.346 e. The van der Waals surface area contributed by atoms with E-state index in [1.807, 2.05) is 20.9 Å². The second-order valence-corrected chi connectivity index (χ2v) is 5.14. The number of hydrogen-bond acceptors (Lipinski definition) is 2. The van der Waals surface area contributed by atoms with Gasteiger partial charge in [-0.1, -0.05) is 27.7 Å². The van der Waals surface area contributed by atoms with E-state index in [0.29, 0.717) is 25.2 Å². The van der Waals surface area contributed by atoms with Crippen LogP contribution in [-0.4, -0.2) is 30.2 Å². The van der Waals surface area contributed by atoms with E-state index < -0.39 is 0 Å². The molecule has 0 saturated heterocycles. The van der Waals surface area contributed by atoms with Gasteiger partial charge in [-0.05, 0) is 12.3 Å². The van der Waals surface area contributed by atoms with Crippen molar-refractivity contribution >= 4 is 11.7 Å². The van der Waals surface area contributed by atoms with Gasteiger partial charge in [0.25, 0.3) is 0 Å². The maximum Gasteiger partial charge on any atom is 0.222 e. The Labute approximate surface area is 99.2 Å². The van der Waals surface area contributed by atoms with E-state index in [4.69, 9.17) is 0 Å². The molecule has 0 aliphatic carbocycles. The maximum atomic E-state index is 11.6. The summed E-state index contributed by atoms with van der Waals surface area (Å²) < 4.78 is 0. The summed E-state index contributed by atoms with van der Waals surface area (Å²) >= 11 is 0. The molecule has 0 aliphatic heterocycles. The van der Waals surface area contributed by atoms with Gasteiger partial charge in [0.15, 0.2) is 0 Å². The highest BCUT2D eigenvalue weighted by Gasteiger charge is 2.12. The van der Waals surface area contributed by atoms with Gasteiger partial charge in [-0.3, -0.25) is 9.59 Å². The van der Waals surface area contributed by atoms with Crippen molar-refractivity contribution in [2.75, 3.05) is 13.6 Å². The van der Waals surface area contributed by atoms with Crippen LogP contribution >= 0.6 is 0 Å². The number of amides is 1. The molecule has 0 aliphatic rings. The van der Waals surface area contributed by atoms with Gasteiger partial charge in [0, 0.05) is 32.4 Å². The molecule has 0 saturated carbocycles. The summed E-state index contributed by atoms with van der Waals surface area (Å²) in [5, 5.41) is 0. The summed E-state index contributed by atoms with van der Waals surface area (Å²) in [7, 11) is 1.83. The van der Waals surface area contributed by atoms with E-state index >= 15 is 0 Å².